The third kappa shape index (κ3) is 5.22. The lowest BCUT2D eigenvalue weighted by Crippen LogP contribution is -2.42. The van der Waals surface area contributed by atoms with Crippen LogP contribution in [0, 0.1) is 0 Å². The third-order valence-electron chi connectivity index (χ3n) is 6.03. The Hall–Kier alpha value is -2.79. The summed E-state index contributed by atoms with van der Waals surface area (Å²) in [6.45, 7) is 5.97. The third-order valence-corrected chi connectivity index (χ3v) is 6.03. The summed E-state index contributed by atoms with van der Waals surface area (Å²) in [6, 6.07) is 20.0. The van der Waals surface area contributed by atoms with Crippen molar-refractivity contribution in [2.24, 2.45) is 4.99 Å². The van der Waals surface area contributed by atoms with E-state index in [2.05, 4.69) is 92.2 Å². The van der Waals surface area contributed by atoms with Crippen LogP contribution in [0.3, 0.4) is 0 Å². The molecule has 4 rings (SSSR count). The Balaban J connectivity index is 1.31. The molecule has 1 atom stereocenters. The van der Waals surface area contributed by atoms with Gasteiger partial charge in [-0.05, 0) is 49.2 Å². The summed E-state index contributed by atoms with van der Waals surface area (Å²) in [6.07, 6.45) is 7.02. The van der Waals surface area contributed by atoms with Gasteiger partial charge in [0.1, 0.15) is 0 Å². The topological polar surface area (TPSA) is 42.9 Å². The minimum Gasteiger partial charge on any atom is -0.364 e. The summed E-state index contributed by atoms with van der Waals surface area (Å²) < 4.78 is 0. The Morgan fingerprint density at radius 3 is 2.30 bits per heavy atom. The number of guanidine groups is 1. The molecule has 5 heteroatoms. The first-order valence-corrected chi connectivity index (χ1v) is 11.1. The van der Waals surface area contributed by atoms with E-state index >= 15 is 0 Å². The number of aliphatic imine (C=N–C) groups is 1. The molecule has 1 unspecified atom stereocenters. The summed E-state index contributed by atoms with van der Waals surface area (Å²) in [5.74, 6) is 0.850. The van der Waals surface area contributed by atoms with Crippen LogP contribution >= 0.6 is 0 Å². The molecule has 2 aromatic carbocycles. The second-order valence-corrected chi connectivity index (χ2v) is 8.02. The molecule has 2 aliphatic rings. The molecule has 0 aliphatic carbocycles. The number of hydrogen-bond donors (Lipinski definition) is 2. The normalized spacial score (nSPS) is 18.0. The molecule has 30 heavy (non-hydrogen) atoms. The molecule has 0 spiro atoms. The van der Waals surface area contributed by atoms with E-state index in [1.165, 1.54) is 42.7 Å². The van der Waals surface area contributed by atoms with Crippen LogP contribution in [0.2, 0.25) is 0 Å². The van der Waals surface area contributed by atoms with Crippen molar-refractivity contribution in [1.82, 2.24) is 15.5 Å². The lowest BCUT2D eigenvalue weighted by atomic mass is 10.1. The van der Waals surface area contributed by atoms with Crippen LogP contribution in [-0.4, -0.2) is 50.6 Å². The van der Waals surface area contributed by atoms with Gasteiger partial charge in [-0.25, -0.2) is 0 Å². The summed E-state index contributed by atoms with van der Waals surface area (Å²) in [5, 5.41) is 7.02. The SMILES string of the molecule is CN=C(NCc1ccc(N2CC=CC2)cc1)NCC(c1ccccc1)N1CCCC1. The zero-order valence-electron chi connectivity index (χ0n) is 17.9. The van der Waals surface area contributed by atoms with Gasteiger partial charge in [0.25, 0.3) is 0 Å². The molecule has 2 aliphatic heterocycles. The van der Waals surface area contributed by atoms with Crippen LogP contribution in [0.1, 0.15) is 30.0 Å². The maximum atomic E-state index is 4.44. The summed E-state index contributed by atoms with van der Waals surface area (Å²) in [4.78, 5) is 9.38. The smallest absolute Gasteiger partial charge is 0.191 e. The number of nitrogens with zero attached hydrogens (tertiary/aromatic N) is 3. The highest BCUT2D eigenvalue weighted by molar-refractivity contribution is 5.79. The first-order chi connectivity index (χ1) is 14.8. The Morgan fingerprint density at radius 2 is 1.63 bits per heavy atom. The van der Waals surface area contributed by atoms with Crippen molar-refractivity contribution in [3.05, 3.63) is 77.9 Å². The van der Waals surface area contributed by atoms with Crippen LogP contribution in [0.5, 0.6) is 0 Å². The molecule has 0 aromatic heterocycles. The van der Waals surface area contributed by atoms with Gasteiger partial charge >= 0.3 is 0 Å². The van der Waals surface area contributed by atoms with E-state index in [4.69, 9.17) is 0 Å². The van der Waals surface area contributed by atoms with Crippen molar-refractivity contribution < 1.29 is 0 Å². The molecule has 0 bridgehead atoms. The number of hydrogen-bond acceptors (Lipinski definition) is 3. The van der Waals surface area contributed by atoms with Gasteiger partial charge in [-0.2, -0.15) is 0 Å². The van der Waals surface area contributed by atoms with E-state index < -0.39 is 0 Å². The molecule has 1 saturated heterocycles. The lowest BCUT2D eigenvalue weighted by Gasteiger charge is -2.29. The van der Waals surface area contributed by atoms with E-state index in [0.717, 1.165) is 32.1 Å². The number of rotatable bonds is 7. The molecule has 0 saturated carbocycles. The molecule has 0 amide bonds. The van der Waals surface area contributed by atoms with Crippen LogP contribution in [0.25, 0.3) is 0 Å². The highest BCUT2D eigenvalue weighted by Gasteiger charge is 2.23. The van der Waals surface area contributed by atoms with Crippen LogP contribution in [-0.2, 0) is 6.54 Å². The molecule has 158 valence electrons. The van der Waals surface area contributed by atoms with Crippen molar-refractivity contribution in [2.75, 3.05) is 44.7 Å². The predicted molar refractivity (Wildman–Crippen MR) is 126 cm³/mol. The largest absolute Gasteiger partial charge is 0.364 e. The molecule has 5 nitrogen and oxygen atoms in total. The second-order valence-electron chi connectivity index (χ2n) is 8.02. The molecule has 0 radical (unpaired) electrons. The number of likely N-dealkylation sites (tertiary alicyclic amines) is 1. The van der Waals surface area contributed by atoms with Gasteiger partial charge in [0.2, 0.25) is 0 Å². The van der Waals surface area contributed by atoms with E-state index in [0.29, 0.717) is 6.04 Å². The average molecular weight is 404 g/mol. The van der Waals surface area contributed by atoms with E-state index in [-0.39, 0.29) is 0 Å². The van der Waals surface area contributed by atoms with Gasteiger partial charge in [0, 0.05) is 38.9 Å². The van der Waals surface area contributed by atoms with Crippen molar-refractivity contribution >= 4 is 11.6 Å². The molecule has 2 aromatic rings. The molecule has 2 heterocycles. The van der Waals surface area contributed by atoms with E-state index in [1.807, 2.05) is 7.05 Å². The summed E-state index contributed by atoms with van der Waals surface area (Å²) in [7, 11) is 1.84. The van der Waals surface area contributed by atoms with Crippen LogP contribution < -0.4 is 15.5 Å². The highest BCUT2D eigenvalue weighted by atomic mass is 15.2. The quantitative estimate of drug-likeness (QED) is 0.421. The monoisotopic (exact) mass is 403 g/mol. The number of anilines is 1. The number of benzene rings is 2. The fourth-order valence-corrected chi connectivity index (χ4v) is 4.30. The van der Waals surface area contributed by atoms with Gasteiger partial charge in [0.05, 0.1) is 6.04 Å². The van der Waals surface area contributed by atoms with Crippen molar-refractivity contribution in [1.29, 1.82) is 0 Å². The molecule has 1 fully saturated rings. The molecule has 2 N–H and O–H groups in total. The fraction of sp³-hybridized carbons (Fsp3) is 0.400. The highest BCUT2D eigenvalue weighted by Crippen LogP contribution is 2.24. The molecular formula is C25H33N5. The van der Waals surface area contributed by atoms with Crippen LogP contribution in [0.4, 0.5) is 5.69 Å². The van der Waals surface area contributed by atoms with Gasteiger partial charge in [-0.15, -0.1) is 0 Å². The second kappa shape index (κ2) is 10.3. The minimum absolute atomic E-state index is 0.376. The first kappa shape index (κ1) is 20.5. The van der Waals surface area contributed by atoms with Gasteiger partial charge in [-0.1, -0.05) is 54.6 Å². The average Bonchev–Trinajstić information content (AvgIpc) is 3.52. The van der Waals surface area contributed by atoms with Crippen LogP contribution in [0.15, 0.2) is 71.7 Å². The number of nitrogens with one attached hydrogen (secondary N) is 2. The zero-order chi connectivity index (χ0) is 20.6. The maximum absolute atomic E-state index is 4.44. The van der Waals surface area contributed by atoms with Gasteiger partial charge < -0.3 is 15.5 Å². The van der Waals surface area contributed by atoms with E-state index in [9.17, 15) is 0 Å². The van der Waals surface area contributed by atoms with E-state index in [1.54, 1.807) is 0 Å². The van der Waals surface area contributed by atoms with Gasteiger partial charge in [0.15, 0.2) is 5.96 Å². The maximum Gasteiger partial charge on any atom is 0.191 e. The molecular weight excluding hydrogens is 370 g/mol. The Morgan fingerprint density at radius 1 is 0.933 bits per heavy atom. The van der Waals surface area contributed by atoms with Crippen molar-refractivity contribution in [2.45, 2.75) is 25.4 Å². The predicted octanol–water partition coefficient (Wildman–Crippen LogP) is 3.56. The Bertz CT molecular complexity index is 830. The standard InChI is InChI=1S/C25H33N5/c1-26-25(27-19-21-11-13-23(14-12-21)29-15-5-6-16-29)28-20-24(30-17-7-8-18-30)22-9-3-2-4-10-22/h2-6,9-14,24H,7-8,15-20H2,1H3,(H2,26,27,28). The van der Waals surface area contributed by atoms with Crippen molar-refractivity contribution in [3.63, 3.8) is 0 Å². The minimum atomic E-state index is 0.376. The summed E-state index contributed by atoms with van der Waals surface area (Å²) in [5.41, 5.74) is 3.91. The fourth-order valence-electron chi connectivity index (χ4n) is 4.30. The zero-order valence-corrected chi connectivity index (χ0v) is 17.9. The summed E-state index contributed by atoms with van der Waals surface area (Å²) >= 11 is 0. The van der Waals surface area contributed by atoms with Crippen molar-refractivity contribution in [3.8, 4) is 0 Å². The Labute approximate surface area is 180 Å². The van der Waals surface area contributed by atoms with Gasteiger partial charge in [-0.3, -0.25) is 9.89 Å². The Kier molecular flexibility index (Phi) is 7.03. The first-order valence-electron chi connectivity index (χ1n) is 11.1. The lowest BCUT2D eigenvalue weighted by molar-refractivity contribution is 0.245.